The molecule has 15 heavy (non-hydrogen) atoms. The van der Waals surface area contributed by atoms with Gasteiger partial charge in [-0.25, -0.2) is 0 Å². The van der Waals surface area contributed by atoms with Crippen molar-refractivity contribution < 1.29 is 0 Å². The molecule has 0 aliphatic carbocycles. The summed E-state index contributed by atoms with van der Waals surface area (Å²) in [5.74, 6) is 0. The average molecular weight is 267 g/mol. The largest absolute Gasteiger partial charge is 0.298 e. The van der Waals surface area contributed by atoms with E-state index in [2.05, 4.69) is 34.2 Å². The molecule has 0 radical (unpaired) electrons. The van der Waals surface area contributed by atoms with Gasteiger partial charge >= 0.3 is 0 Å². The van der Waals surface area contributed by atoms with Gasteiger partial charge in [-0.15, -0.1) is 0 Å². The third-order valence-electron chi connectivity index (χ3n) is 2.19. The third kappa shape index (κ3) is 4.03. The van der Waals surface area contributed by atoms with E-state index in [0.29, 0.717) is 0 Å². The lowest BCUT2D eigenvalue weighted by Crippen LogP contribution is -2.20. The lowest BCUT2D eigenvalue weighted by Gasteiger charge is -2.11. The fourth-order valence-electron chi connectivity index (χ4n) is 1.35. The van der Waals surface area contributed by atoms with Crippen LogP contribution in [0.2, 0.25) is 0 Å². The molecule has 0 heterocycles. The quantitative estimate of drug-likeness (QED) is 0.830. The van der Waals surface area contributed by atoms with Crippen molar-refractivity contribution in [2.45, 2.75) is 25.8 Å². The van der Waals surface area contributed by atoms with Crippen LogP contribution in [0.1, 0.15) is 31.4 Å². The highest BCUT2D eigenvalue weighted by molar-refractivity contribution is 9.10. The normalized spacial score (nSPS) is 12.1. The minimum absolute atomic E-state index is 0.200. The summed E-state index contributed by atoms with van der Waals surface area (Å²) in [5.41, 5.74) is 1.02. The molecule has 0 amide bonds. The molecule has 0 fully saturated rings. The van der Waals surface area contributed by atoms with Crippen LogP contribution in [0.15, 0.2) is 28.7 Å². The van der Waals surface area contributed by atoms with E-state index >= 15 is 0 Å². The van der Waals surface area contributed by atoms with Gasteiger partial charge in [-0.3, -0.25) is 5.32 Å². The molecule has 0 spiro atoms. The zero-order chi connectivity index (χ0) is 11.1. The van der Waals surface area contributed by atoms with Gasteiger partial charge < -0.3 is 0 Å². The van der Waals surface area contributed by atoms with Crippen molar-refractivity contribution in [2.24, 2.45) is 0 Å². The number of rotatable bonds is 5. The summed E-state index contributed by atoms with van der Waals surface area (Å²) in [6.45, 7) is 3.03. The monoisotopic (exact) mass is 266 g/mol. The van der Waals surface area contributed by atoms with Crippen LogP contribution in [-0.2, 0) is 0 Å². The number of unbranched alkanes of at least 4 members (excludes halogenated alkanes) is 1. The van der Waals surface area contributed by atoms with Crippen LogP contribution in [-0.4, -0.2) is 6.54 Å². The van der Waals surface area contributed by atoms with E-state index in [1.54, 1.807) is 0 Å². The molecule has 0 bridgehead atoms. The summed E-state index contributed by atoms with van der Waals surface area (Å²) >= 11 is 3.40. The molecule has 1 rings (SSSR count). The summed E-state index contributed by atoms with van der Waals surface area (Å²) in [5, 5.41) is 12.3. The van der Waals surface area contributed by atoms with E-state index in [0.717, 1.165) is 29.4 Å². The molecule has 1 unspecified atom stereocenters. The average Bonchev–Trinajstić information content (AvgIpc) is 2.24. The summed E-state index contributed by atoms with van der Waals surface area (Å²) in [6.07, 6.45) is 2.25. The number of hydrogen-bond acceptors (Lipinski definition) is 2. The maximum Gasteiger partial charge on any atom is 0.121 e. The van der Waals surface area contributed by atoms with Crippen LogP contribution in [0.4, 0.5) is 0 Å². The van der Waals surface area contributed by atoms with Crippen molar-refractivity contribution in [1.29, 1.82) is 5.26 Å². The molecule has 1 aromatic carbocycles. The predicted molar refractivity (Wildman–Crippen MR) is 65.4 cm³/mol. The van der Waals surface area contributed by atoms with Crippen molar-refractivity contribution in [3.05, 3.63) is 34.3 Å². The Morgan fingerprint density at radius 1 is 1.53 bits per heavy atom. The molecule has 1 atom stereocenters. The van der Waals surface area contributed by atoms with Gasteiger partial charge in [0.05, 0.1) is 6.07 Å². The Bertz CT molecular complexity index is 344. The van der Waals surface area contributed by atoms with E-state index in [4.69, 9.17) is 5.26 Å². The molecule has 0 saturated heterocycles. The zero-order valence-corrected chi connectivity index (χ0v) is 10.4. The van der Waals surface area contributed by atoms with E-state index in [1.165, 1.54) is 0 Å². The van der Waals surface area contributed by atoms with E-state index in [9.17, 15) is 0 Å². The Kier molecular flexibility index (Phi) is 5.38. The second kappa shape index (κ2) is 6.60. The minimum Gasteiger partial charge on any atom is -0.298 e. The fourth-order valence-corrected chi connectivity index (χ4v) is 1.76. The maximum absolute atomic E-state index is 9.04. The number of benzene rings is 1. The van der Waals surface area contributed by atoms with Crippen molar-refractivity contribution in [3.8, 4) is 6.07 Å². The van der Waals surface area contributed by atoms with Gasteiger partial charge in [-0.05, 0) is 30.7 Å². The standard InChI is InChI=1S/C12H15BrN2/c1-2-3-7-15-12(9-14)10-5-4-6-11(13)8-10/h4-6,8,12,15H,2-3,7H2,1H3. The molecule has 0 saturated carbocycles. The molecule has 0 aromatic heterocycles. The summed E-state index contributed by atoms with van der Waals surface area (Å²) in [7, 11) is 0. The number of hydrogen-bond donors (Lipinski definition) is 1. The van der Waals surface area contributed by atoms with Crippen LogP contribution in [0.3, 0.4) is 0 Å². The lowest BCUT2D eigenvalue weighted by atomic mass is 10.1. The Morgan fingerprint density at radius 2 is 2.33 bits per heavy atom. The molecular weight excluding hydrogens is 252 g/mol. The van der Waals surface area contributed by atoms with Gasteiger partial charge in [0.15, 0.2) is 0 Å². The smallest absolute Gasteiger partial charge is 0.121 e. The Balaban J connectivity index is 2.63. The highest BCUT2D eigenvalue weighted by Crippen LogP contribution is 2.17. The molecule has 2 nitrogen and oxygen atoms in total. The van der Waals surface area contributed by atoms with Gasteiger partial charge in [0.2, 0.25) is 0 Å². The van der Waals surface area contributed by atoms with Gasteiger partial charge in [0, 0.05) is 4.47 Å². The minimum atomic E-state index is -0.200. The van der Waals surface area contributed by atoms with Gasteiger partial charge in [0.25, 0.3) is 0 Å². The van der Waals surface area contributed by atoms with Crippen LogP contribution < -0.4 is 5.32 Å². The molecule has 80 valence electrons. The highest BCUT2D eigenvalue weighted by atomic mass is 79.9. The predicted octanol–water partition coefficient (Wildman–Crippen LogP) is 3.40. The highest BCUT2D eigenvalue weighted by Gasteiger charge is 2.08. The SMILES string of the molecule is CCCCNC(C#N)c1cccc(Br)c1. The second-order valence-electron chi connectivity index (χ2n) is 3.42. The lowest BCUT2D eigenvalue weighted by molar-refractivity contribution is 0.598. The molecule has 1 N–H and O–H groups in total. The van der Waals surface area contributed by atoms with Crippen LogP contribution in [0.25, 0.3) is 0 Å². The summed E-state index contributed by atoms with van der Waals surface area (Å²) < 4.78 is 1.01. The van der Waals surface area contributed by atoms with E-state index < -0.39 is 0 Å². The van der Waals surface area contributed by atoms with E-state index in [-0.39, 0.29) is 6.04 Å². The van der Waals surface area contributed by atoms with Gasteiger partial charge in [-0.1, -0.05) is 41.4 Å². The third-order valence-corrected chi connectivity index (χ3v) is 2.68. The Labute approximate surface area is 99.4 Å². The number of halogens is 1. The summed E-state index contributed by atoms with van der Waals surface area (Å²) in [4.78, 5) is 0. The Hall–Kier alpha value is -0.850. The first-order valence-electron chi connectivity index (χ1n) is 5.16. The Morgan fingerprint density at radius 3 is 2.93 bits per heavy atom. The molecule has 1 aromatic rings. The van der Waals surface area contributed by atoms with Crippen molar-refractivity contribution in [3.63, 3.8) is 0 Å². The van der Waals surface area contributed by atoms with Crippen molar-refractivity contribution >= 4 is 15.9 Å². The number of nitrogens with zero attached hydrogens (tertiary/aromatic N) is 1. The van der Waals surface area contributed by atoms with Crippen molar-refractivity contribution in [2.75, 3.05) is 6.54 Å². The number of nitrogens with one attached hydrogen (secondary N) is 1. The van der Waals surface area contributed by atoms with E-state index in [1.807, 2.05) is 24.3 Å². The zero-order valence-electron chi connectivity index (χ0n) is 8.83. The maximum atomic E-state index is 9.04. The first-order valence-corrected chi connectivity index (χ1v) is 5.95. The second-order valence-corrected chi connectivity index (χ2v) is 4.34. The molecular formula is C12H15BrN2. The first kappa shape index (κ1) is 12.2. The van der Waals surface area contributed by atoms with Gasteiger partial charge in [-0.2, -0.15) is 5.26 Å². The topological polar surface area (TPSA) is 35.8 Å². The van der Waals surface area contributed by atoms with Crippen LogP contribution in [0, 0.1) is 11.3 Å². The summed E-state index contributed by atoms with van der Waals surface area (Å²) in [6, 6.07) is 9.93. The van der Waals surface area contributed by atoms with Gasteiger partial charge in [0.1, 0.15) is 6.04 Å². The van der Waals surface area contributed by atoms with Crippen LogP contribution >= 0.6 is 15.9 Å². The fraction of sp³-hybridized carbons (Fsp3) is 0.417. The molecule has 3 heteroatoms. The van der Waals surface area contributed by atoms with Crippen molar-refractivity contribution in [1.82, 2.24) is 5.32 Å². The molecule has 0 aliphatic rings. The number of nitriles is 1. The first-order chi connectivity index (χ1) is 7.27. The van der Waals surface area contributed by atoms with Crippen LogP contribution in [0.5, 0.6) is 0 Å². The molecule has 0 aliphatic heterocycles.